The Labute approximate surface area is 102 Å². The van der Waals surface area contributed by atoms with E-state index in [0.717, 1.165) is 25.1 Å². The van der Waals surface area contributed by atoms with Crippen LogP contribution in [0.1, 0.15) is 30.6 Å². The quantitative estimate of drug-likeness (QED) is 0.856. The van der Waals surface area contributed by atoms with E-state index < -0.39 is 0 Å². The van der Waals surface area contributed by atoms with E-state index in [-0.39, 0.29) is 6.04 Å². The van der Waals surface area contributed by atoms with E-state index >= 15 is 0 Å². The zero-order chi connectivity index (χ0) is 12.1. The minimum atomic E-state index is 0.0910. The summed E-state index contributed by atoms with van der Waals surface area (Å²) < 4.78 is 2.15. The Balaban J connectivity index is 2.02. The van der Waals surface area contributed by atoms with Gasteiger partial charge in [-0.05, 0) is 18.4 Å². The van der Waals surface area contributed by atoms with Gasteiger partial charge in [0.05, 0.1) is 12.0 Å². The molecule has 17 heavy (non-hydrogen) atoms. The molecular weight excluding hydrogens is 210 g/mol. The summed E-state index contributed by atoms with van der Waals surface area (Å²) in [7, 11) is 0. The molecule has 2 N–H and O–H groups in total. The van der Waals surface area contributed by atoms with E-state index in [9.17, 15) is 0 Å². The second-order valence-electron chi connectivity index (χ2n) is 4.26. The van der Waals surface area contributed by atoms with Crippen LogP contribution in [0.15, 0.2) is 42.9 Å². The Morgan fingerprint density at radius 3 is 2.76 bits per heavy atom. The Morgan fingerprint density at radius 2 is 2.06 bits per heavy atom. The summed E-state index contributed by atoms with van der Waals surface area (Å²) in [6.45, 7) is 3.03. The number of imidazole rings is 1. The van der Waals surface area contributed by atoms with Crippen molar-refractivity contribution in [2.24, 2.45) is 5.73 Å². The fourth-order valence-electron chi connectivity index (χ4n) is 1.93. The number of hydrogen-bond donors (Lipinski definition) is 1. The molecule has 1 aromatic carbocycles. The van der Waals surface area contributed by atoms with E-state index in [1.54, 1.807) is 0 Å². The van der Waals surface area contributed by atoms with E-state index in [1.165, 1.54) is 5.56 Å². The first-order chi connectivity index (χ1) is 8.31. The Kier molecular flexibility index (Phi) is 3.94. The van der Waals surface area contributed by atoms with Crippen molar-refractivity contribution in [3.8, 4) is 0 Å². The van der Waals surface area contributed by atoms with Gasteiger partial charge in [0.15, 0.2) is 0 Å². The lowest BCUT2D eigenvalue weighted by atomic mass is 10.1. The first kappa shape index (κ1) is 11.9. The van der Waals surface area contributed by atoms with Crippen molar-refractivity contribution in [2.75, 3.05) is 0 Å². The van der Waals surface area contributed by atoms with Gasteiger partial charge in [0, 0.05) is 18.8 Å². The summed E-state index contributed by atoms with van der Waals surface area (Å²) in [5, 5.41) is 0. The van der Waals surface area contributed by atoms with Crippen molar-refractivity contribution >= 4 is 0 Å². The Morgan fingerprint density at radius 1 is 1.29 bits per heavy atom. The maximum Gasteiger partial charge on any atom is 0.0948 e. The molecule has 0 aliphatic heterocycles. The predicted molar refractivity (Wildman–Crippen MR) is 69.6 cm³/mol. The van der Waals surface area contributed by atoms with E-state index in [4.69, 9.17) is 5.73 Å². The molecule has 0 saturated heterocycles. The highest BCUT2D eigenvalue weighted by atomic mass is 15.1. The topological polar surface area (TPSA) is 43.8 Å². The zero-order valence-corrected chi connectivity index (χ0v) is 10.2. The standard InChI is InChI=1S/C14H19N3/c1-2-13(15)14-10-16-11-17(14)9-8-12-6-4-3-5-7-12/h3-7,10-11,13H,2,8-9,15H2,1H3/t13-/m1/s1. The number of rotatable bonds is 5. The lowest BCUT2D eigenvalue weighted by molar-refractivity contribution is 0.589. The molecule has 0 aliphatic carbocycles. The van der Waals surface area contributed by atoms with E-state index in [1.807, 2.05) is 18.6 Å². The third kappa shape index (κ3) is 2.94. The smallest absolute Gasteiger partial charge is 0.0948 e. The van der Waals surface area contributed by atoms with Crippen LogP contribution in [0.3, 0.4) is 0 Å². The molecule has 90 valence electrons. The SMILES string of the molecule is CC[C@@H](N)c1cncn1CCc1ccccc1. The lowest BCUT2D eigenvalue weighted by Crippen LogP contribution is -2.15. The van der Waals surface area contributed by atoms with Crippen LogP contribution in [-0.4, -0.2) is 9.55 Å². The van der Waals surface area contributed by atoms with Gasteiger partial charge >= 0.3 is 0 Å². The van der Waals surface area contributed by atoms with Crippen molar-refractivity contribution in [3.63, 3.8) is 0 Å². The van der Waals surface area contributed by atoms with Crippen molar-refractivity contribution in [1.82, 2.24) is 9.55 Å². The summed E-state index contributed by atoms with van der Waals surface area (Å²) in [6.07, 6.45) is 5.70. The largest absolute Gasteiger partial charge is 0.333 e. The van der Waals surface area contributed by atoms with Crippen LogP contribution >= 0.6 is 0 Å². The van der Waals surface area contributed by atoms with Crippen molar-refractivity contribution in [3.05, 3.63) is 54.1 Å². The summed E-state index contributed by atoms with van der Waals surface area (Å²) in [6, 6.07) is 10.6. The molecule has 2 aromatic rings. The first-order valence-electron chi connectivity index (χ1n) is 6.10. The van der Waals surface area contributed by atoms with Gasteiger partial charge < -0.3 is 10.3 Å². The molecule has 0 unspecified atom stereocenters. The monoisotopic (exact) mass is 229 g/mol. The summed E-state index contributed by atoms with van der Waals surface area (Å²) in [5.41, 5.74) is 8.52. The third-order valence-corrected chi connectivity index (χ3v) is 3.05. The van der Waals surface area contributed by atoms with Gasteiger partial charge in [0.2, 0.25) is 0 Å². The zero-order valence-electron chi connectivity index (χ0n) is 10.2. The number of benzene rings is 1. The fourth-order valence-corrected chi connectivity index (χ4v) is 1.93. The van der Waals surface area contributed by atoms with Gasteiger partial charge in [-0.15, -0.1) is 0 Å². The van der Waals surface area contributed by atoms with Gasteiger partial charge in [-0.2, -0.15) is 0 Å². The predicted octanol–water partition coefficient (Wildman–Crippen LogP) is 2.54. The summed E-state index contributed by atoms with van der Waals surface area (Å²) >= 11 is 0. The highest BCUT2D eigenvalue weighted by Crippen LogP contribution is 2.13. The molecule has 1 atom stereocenters. The lowest BCUT2D eigenvalue weighted by Gasteiger charge is -2.12. The molecule has 2 rings (SSSR count). The molecule has 1 heterocycles. The van der Waals surface area contributed by atoms with Crippen LogP contribution in [0.4, 0.5) is 0 Å². The molecule has 0 radical (unpaired) electrons. The molecule has 0 spiro atoms. The Hall–Kier alpha value is -1.61. The van der Waals surface area contributed by atoms with Gasteiger partial charge in [0.25, 0.3) is 0 Å². The normalized spacial score (nSPS) is 12.6. The average Bonchev–Trinajstić information content (AvgIpc) is 2.85. The number of aromatic nitrogens is 2. The van der Waals surface area contributed by atoms with Crippen LogP contribution in [0.25, 0.3) is 0 Å². The number of hydrogen-bond acceptors (Lipinski definition) is 2. The number of aryl methyl sites for hydroxylation is 2. The summed E-state index contributed by atoms with van der Waals surface area (Å²) in [4.78, 5) is 4.19. The molecule has 0 fully saturated rings. The third-order valence-electron chi connectivity index (χ3n) is 3.05. The van der Waals surface area contributed by atoms with Crippen molar-refractivity contribution < 1.29 is 0 Å². The first-order valence-corrected chi connectivity index (χ1v) is 6.10. The fraction of sp³-hybridized carbons (Fsp3) is 0.357. The maximum absolute atomic E-state index is 6.05. The summed E-state index contributed by atoms with van der Waals surface area (Å²) in [5.74, 6) is 0. The molecular formula is C14H19N3. The van der Waals surface area contributed by atoms with Crippen LogP contribution in [0.5, 0.6) is 0 Å². The molecule has 0 saturated carbocycles. The minimum absolute atomic E-state index is 0.0910. The Bertz CT molecular complexity index is 448. The number of nitrogens with zero attached hydrogens (tertiary/aromatic N) is 2. The second kappa shape index (κ2) is 5.64. The molecule has 3 heteroatoms. The van der Waals surface area contributed by atoms with Gasteiger partial charge in [0.1, 0.15) is 0 Å². The highest BCUT2D eigenvalue weighted by molar-refractivity contribution is 5.15. The van der Waals surface area contributed by atoms with E-state index in [0.29, 0.717) is 0 Å². The van der Waals surface area contributed by atoms with Crippen LogP contribution in [0.2, 0.25) is 0 Å². The molecule has 3 nitrogen and oxygen atoms in total. The van der Waals surface area contributed by atoms with Crippen LogP contribution in [-0.2, 0) is 13.0 Å². The van der Waals surface area contributed by atoms with E-state index in [2.05, 4.69) is 40.7 Å². The van der Waals surface area contributed by atoms with Crippen LogP contribution in [0, 0.1) is 0 Å². The number of nitrogens with two attached hydrogens (primary N) is 1. The molecule has 0 aliphatic rings. The van der Waals surface area contributed by atoms with Crippen molar-refractivity contribution in [1.29, 1.82) is 0 Å². The molecule has 0 amide bonds. The van der Waals surface area contributed by atoms with Gasteiger partial charge in [-0.3, -0.25) is 0 Å². The molecule has 0 bridgehead atoms. The second-order valence-corrected chi connectivity index (χ2v) is 4.26. The maximum atomic E-state index is 6.05. The van der Waals surface area contributed by atoms with Gasteiger partial charge in [-0.1, -0.05) is 37.3 Å². The molecule has 1 aromatic heterocycles. The van der Waals surface area contributed by atoms with Crippen molar-refractivity contribution in [2.45, 2.75) is 32.4 Å². The van der Waals surface area contributed by atoms with Gasteiger partial charge in [-0.25, -0.2) is 4.98 Å². The van der Waals surface area contributed by atoms with Crippen LogP contribution < -0.4 is 5.73 Å². The average molecular weight is 229 g/mol. The minimum Gasteiger partial charge on any atom is -0.333 e. The highest BCUT2D eigenvalue weighted by Gasteiger charge is 2.08.